The third kappa shape index (κ3) is 6.88. The Kier molecular flexibility index (Phi) is 11.2. The lowest BCUT2D eigenvalue weighted by Crippen LogP contribution is -2.76. The van der Waals surface area contributed by atoms with E-state index in [1.165, 1.54) is 25.7 Å². The van der Waals surface area contributed by atoms with Crippen molar-refractivity contribution < 1.29 is 63.9 Å². The highest BCUT2D eigenvalue weighted by atomic mass is 16.5. The highest BCUT2D eigenvalue weighted by molar-refractivity contribution is 5.96. The van der Waals surface area contributed by atoms with Crippen LogP contribution in [0.3, 0.4) is 0 Å². The van der Waals surface area contributed by atoms with Crippen LogP contribution in [0.25, 0.3) is 0 Å². The zero-order valence-electron chi connectivity index (χ0n) is 41.2. The summed E-state index contributed by atoms with van der Waals surface area (Å²) in [5.41, 5.74) is -1.96. The number of phenols is 2. The van der Waals surface area contributed by atoms with Crippen LogP contribution in [0.15, 0.2) is 46.9 Å². The Labute approximate surface area is 408 Å². The summed E-state index contributed by atoms with van der Waals surface area (Å²) in [6.45, 7) is 9.67. The average molecular weight is 971 g/mol. The van der Waals surface area contributed by atoms with Crippen molar-refractivity contribution in [3.05, 3.63) is 69.2 Å². The number of methoxy groups -OCH3 is 3. The molecule has 380 valence electrons. The summed E-state index contributed by atoms with van der Waals surface area (Å²) in [6.07, 6.45) is 5.42. The van der Waals surface area contributed by atoms with Gasteiger partial charge in [0, 0.05) is 70.5 Å². The van der Waals surface area contributed by atoms with Crippen molar-refractivity contribution in [1.82, 2.24) is 20.4 Å². The Hall–Kier alpha value is -4.62. The Bertz CT molecular complexity index is 2570. The molecule has 17 nitrogen and oxygen atoms in total. The average Bonchev–Trinajstić information content (AvgIpc) is 4.23. The normalized spacial score (nSPS) is 33.4. The van der Waals surface area contributed by atoms with E-state index in [9.17, 15) is 40.2 Å². The first-order valence-corrected chi connectivity index (χ1v) is 25.2. The molecule has 8 atom stereocenters. The molecule has 10 aliphatic rings. The van der Waals surface area contributed by atoms with E-state index in [-0.39, 0.29) is 72.3 Å². The van der Waals surface area contributed by atoms with Crippen LogP contribution in [0, 0.1) is 11.8 Å². The summed E-state index contributed by atoms with van der Waals surface area (Å²) in [4.78, 5) is 31.8. The van der Waals surface area contributed by atoms with Gasteiger partial charge >= 0.3 is 0 Å². The molecule has 6 aliphatic carbocycles. The number of aromatic hydroxyl groups is 2. The van der Waals surface area contributed by atoms with Crippen LogP contribution < -0.4 is 20.1 Å². The maximum Gasteiger partial charge on any atom is 0.251 e. The number of aliphatic hydroxyl groups excluding tert-OH is 2. The van der Waals surface area contributed by atoms with Gasteiger partial charge in [-0.3, -0.25) is 19.4 Å². The number of piperidine rings is 2. The molecule has 4 heterocycles. The highest BCUT2D eigenvalue weighted by Crippen LogP contribution is 2.68. The predicted octanol–water partition coefficient (Wildman–Crippen LogP) is 3.47. The van der Waals surface area contributed by atoms with Crippen LogP contribution in [-0.2, 0) is 47.5 Å². The number of aliphatic hydroxyl groups is 4. The number of ether oxygens (including phenoxy) is 5. The number of nitrogens with one attached hydrogen (secondary N) is 2. The molecule has 0 unspecified atom stereocenters. The molecule has 2 aromatic carbocycles. The monoisotopic (exact) mass is 970 g/mol. The standard InChI is InChI=1S/C27H36N2O7.C26H34N2O6/c1-25(13-34-2,14-35-3)28-24(32)17-11-27(33)19-10-16-6-7-18(30)22-20(16)26(27,23(36-22)21(17)31)8-9-29(19)12-15-4-5-15;1-24(2,13-33-3)27-23(31)16-11-26(32)18-10-15-6-7-17(29)21-19(15)25(26,22(34-21)20(16)30)8-9-28(18)12-14-4-5-14/h6-7,15,19,23,30-31,33H,4-5,8-14H2,1-3H3,(H,28,32);6-7,14,18,22,29-30,32H,4-5,8-13H2,1-3H3,(H,27,31)/t19-,23+,26+,27-;18-,22+,25+,26-/m11/s1. The maximum atomic E-state index is 13.6. The van der Waals surface area contributed by atoms with Gasteiger partial charge in [0.1, 0.15) is 11.5 Å². The van der Waals surface area contributed by atoms with Gasteiger partial charge < -0.3 is 65.0 Å². The van der Waals surface area contributed by atoms with Gasteiger partial charge in [0.15, 0.2) is 35.2 Å². The molecular formula is C53H70N4O13. The summed E-state index contributed by atoms with van der Waals surface area (Å²) < 4.78 is 28.3. The smallest absolute Gasteiger partial charge is 0.251 e. The van der Waals surface area contributed by atoms with Gasteiger partial charge in [-0.25, -0.2) is 0 Å². The van der Waals surface area contributed by atoms with Gasteiger partial charge in [0.2, 0.25) is 0 Å². The second-order valence-corrected chi connectivity index (χ2v) is 23.2. The highest BCUT2D eigenvalue weighted by Gasteiger charge is 2.75. The predicted molar refractivity (Wildman–Crippen MR) is 254 cm³/mol. The van der Waals surface area contributed by atoms with Crippen molar-refractivity contribution in [2.75, 3.05) is 67.3 Å². The minimum Gasteiger partial charge on any atom is -0.508 e. The SMILES string of the molecule is COCC(C)(C)NC(=O)C1=C(O)[C@@H]2Oc3c(O)ccc4c3[C@@]23CCN(CC2CC2)[C@H](C4)[C@]3(O)C1.COCC(C)(COC)NC(=O)C1=C(O)[C@@H]2Oc3c(O)ccc4c3[C@@]23CCN(CC2CC2)[C@H](C4)[C@]3(O)C1. The van der Waals surface area contributed by atoms with Gasteiger partial charge in [-0.05, 0) is 120 Å². The second kappa shape index (κ2) is 16.5. The number of carbonyl (C=O) groups excluding carboxylic acids is 2. The van der Waals surface area contributed by atoms with Gasteiger partial charge in [-0.15, -0.1) is 0 Å². The summed E-state index contributed by atoms with van der Waals surface area (Å²) in [5.74, 6) is 0.738. The van der Waals surface area contributed by atoms with Crippen molar-refractivity contribution in [2.45, 2.75) is 142 Å². The van der Waals surface area contributed by atoms with Crippen LogP contribution in [0.4, 0.5) is 0 Å². The fourth-order valence-electron chi connectivity index (χ4n) is 14.6. The topological polar surface area (TPSA) is 232 Å². The van der Waals surface area contributed by atoms with E-state index >= 15 is 0 Å². The number of likely N-dealkylation sites (tertiary alicyclic amines) is 2. The lowest BCUT2D eigenvalue weighted by atomic mass is 9.49. The third-order valence-electron chi connectivity index (χ3n) is 17.9. The Morgan fingerprint density at radius 2 is 1.07 bits per heavy atom. The van der Waals surface area contributed by atoms with Gasteiger partial charge in [0.25, 0.3) is 11.8 Å². The van der Waals surface area contributed by atoms with E-state index in [1.54, 1.807) is 33.5 Å². The summed E-state index contributed by atoms with van der Waals surface area (Å²) in [7, 11) is 4.67. The first kappa shape index (κ1) is 47.7. The molecule has 12 rings (SSSR count). The van der Waals surface area contributed by atoms with Crippen molar-refractivity contribution in [2.24, 2.45) is 11.8 Å². The minimum absolute atomic E-state index is 0.000933. The quantitative estimate of drug-likeness (QED) is 0.136. The van der Waals surface area contributed by atoms with Crippen molar-refractivity contribution in [1.29, 1.82) is 0 Å². The maximum absolute atomic E-state index is 13.6. The number of nitrogens with zero attached hydrogens (tertiary/aromatic N) is 2. The molecule has 0 aromatic heterocycles. The fraction of sp³-hybridized carbons (Fsp3) is 0.660. The molecule has 2 spiro atoms. The zero-order chi connectivity index (χ0) is 49.5. The Balaban J connectivity index is 0.000000153. The van der Waals surface area contributed by atoms with Crippen LogP contribution in [0.1, 0.15) is 94.4 Å². The lowest BCUT2D eigenvalue weighted by Gasteiger charge is -2.62. The Morgan fingerprint density at radius 3 is 1.47 bits per heavy atom. The number of benzene rings is 2. The van der Waals surface area contributed by atoms with Gasteiger partial charge in [0.05, 0.1) is 64.1 Å². The van der Waals surface area contributed by atoms with E-state index in [1.807, 2.05) is 32.9 Å². The number of hydrogen-bond acceptors (Lipinski definition) is 15. The molecule has 2 aromatic rings. The molecule has 4 aliphatic heterocycles. The fourth-order valence-corrected chi connectivity index (χ4v) is 14.6. The number of rotatable bonds is 14. The van der Waals surface area contributed by atoms with E-state index in [0.29, 0.717) is 55.6 Å². The number of carbonyl (C=O) groups is 2. The molecule has 17 heteroatoms. The van der Waals surface area contributed by atoms with Crippen molar-refractivity contribution in [3.8, 4) is 23.0 Å². The second-order valence-electron chi connectivity index (χ2n) is 23.2. The summed E-state index contributed by atoms with van der Waals surface area (Å²) >= 11 is 0. The summed E-state index contributed by atoms with van der Waals surface area (Å²) in [6, 6.07) is 6.68. The van der Waals surface area contributed by atoms with Crippen LogP contribution >= 0.6 is 0 Å². The first-order chi connectivity index (χ1) is 33.3. The molecule has 4 fully saturated rings. The molecule has 0 radical (unpaired) electrons. The van der Waals surface area contributed by atoms with Crippen LogP contribution in [-0.4, -0.2) is 166 Å². The van der Waals surface area contributed by atoms with Crippen molar-refractivity contribution in [3.63, 3.8) is 0 Å². The number of amides is 2. The van der Waals surface area contributed by atoms with E-state index in [2.05, 4.69) is 20.4 Å². The number of phenolic OH excluding ortho intramolecular Hbond substituents is 2. The van der Waals surface area contributed by atoms with E-state index in [0.717, 1.165) is 48.4 Å². The zero-order valence-corrected chi connectivity index (χ0v) is 41.2. The third-order valence-corrected chi connectivity index (χ3v) is 17.9. The number of hydrogen-bond donors (Lipinski definition) is 8. The summed E-state index contributed by atoms with van der Waals surface area (Å²) in [5, 5.41) is 75.5. The molecular weight excluding hydrogens is 901 g/mol. The van der Waals surface area contributed by atoms with Gasteiger partial charge in [-0.2, -0.15) is 0 Å². The van der Waals surface area contributed by atoms with Crippen molar-refractivity contribution >= 4 is 11.8 Å². The van der Waals surface area contributed by atoms with Crippen LogP contribution in [0.5, 0.6) is 23.0 Å². The van der Waals surface area contributed by atoms with E-state index in [4.69, 9.17) is 23.7 Å². The molecule has 2 amide bonds. The van der Waals surface area contributed by atoms with E-state index < -0.39 is 57.1 Å². The molecule has 2 saturated heterocycles. The molecule has 4 bridgehead atoms. The Morgan fingerprint density at radius 1 is 0.657 bits per heavy atom. The molecule has 8 N–H and O–H groups in total. The minimum atomic E-state index is -1.34. The lowest BCUT2D eigenvalue weighted by molar-refractivity contribution is -0.172. The largest absolute Gasteiger partial charge is 0.508 e. The molecule has 70 heavy (non-hydrogen) atoms. The first-order valence-electron chi connectivity index (χ1n) is 25.2. The molecule has 2 saturated carbocycles. The van der Waals surface area contributed by atoms with Gasteiger partial charge in [-0.1, -0.05) is 12.1 Å². The van der Waals surface area contributed by atoms with Crippen LogP contribution in [0.2, 0.25) is 0 Å².